The Morgan fingerprint density at radius 2 is 1.88 bits per heavy atom. The third-order valence-corrected chi connectivity index (χ3v) is 3.67. The number of amides is 2. The maximum absolute atomic E-state index is 13.1. The summed E-state index contributed by atoms with van der Waals surface area (Å²) in [6, 6.07) is 12.5. The SMILES string of the molecule is CC(=O)NC(CC(=O)NCc1cccc(F)c1)c1ccc(Cl)cc1. The van der Waals surface area contributed by atoms with Crippen LogP contribution in [0.4, 0.5) is 4.39 Å². The second kappa shape index (κ2) is 8.45. The predicted octanol–water partition coefficient (Wildman–Crippen LogP) is 3.36. The van der Waals surface area contributed by atoms with E-state index in [1.54, 1.807) is 36.4 Å². The second-order valence-corrected chi connectivity index (χ2v) is 5.85. The Morgan fingerprint density at radius 1 is 1.17 bits per heavy atom. The van der Waals surface area contributed by atoms with Gasteiger partial charge in [0.15, 0.2) is 0 Å². The lowest BCUT2D eigenvalue weighted by Gasteiger charge is -2.18. The summed E-state index contributed by atoms with van der Waals surface area (Å²) in [5.41, 5.74) is 1.46. The Balaban J connectivity index is 1.99. The van der Waals surface area contributed by atoms with Crippen LogP contribution < -0.4 is 10.6 Å². The van der Waals surface area contributed by atoms with E-state index in [9.17, 15) is 14.0 Å². The first-order valence-corrected chi connectivity index (χ1v) is 7.85. The lowest BCUT2D eigenvalue weighted by atomic mass is 10.0. The molecule has 2 rings (SSSR count). The van der Waals surface area contributed by atoms with Gasteiger partial charge < -0.3 is 10.6 Å². The highest BCUT2D eigenvalue weighted by molar-refractivity contribution is 6.30. The summed E-state index contributed by atoms with van der Waals surface area (Å²) in [6.45, 7) is 1.62. The highest BCUT2D eigenvalue weighted by atomic mass is 35.5. The van der Waals surface area contributed by atoms with Crippen molar-refractivity contribution in [3.63, 3.8) is 0 Å². The third kappa shape index (κ3) is 5.66. The van der Waals surface area contributed by atoms with Crippen LogP contribution in [-0.4, -0.2) is 11.8 Å². The van der Waals surface area contributed by atoms with Crippen molar-refractivity contribution in [2.45, 2.75) is 25.9 Å². The molecule has 0 aliphatic carbocycles. The lowest BCUT2D eigenvalue weighted by Crippen LogP contribution is -2.32. The summed E-state index contributed by atoms with van der Waals surface area (Å²) >= 11 is 5.86. The van der Waals surface area contributed by atoms with Crippen LogP contribution in [0.3, 0.4) is 0 Å². The zero-order valence-electron chi connectivity index (χ0n) is 13.2. The van der Waals surface area contributed by atoms with Gasteiger partial charge in [0.05, 0.1) is 12.5 Å². The number of nitrogens with one attached hydrogen (secondary N) is 2. The van der Waals surface area contributed by atoms with Gasteiger partial charge in [0.1, 0.15) is 5.82 Å². The molecule has 0 aromatic heterocycles. The normalized spacial score (nSPS) is 11.6. The smallest absolute Gasteiger partial charge is 0.222 e. The second-order valence-electron chi connectivity index (χ2n) is 5.42. The van der Waals surface area contributed by atoms with E-state index < -0.39 is 6.04 Å². The van der Waals surface area contributed by atoms with Crippen molar-refractivity contribution in [2.24, 2.45) is 0 Å². The molecule has 2 aromatic rings. The monoisotopic (exact) mass is 348 g/mol. The van der Waals surface area contributed by atoms with Crippen molar-refractivity contribution in [1.82, 2.24) is 10.6 Å². The maximum Gasteiger partial charge on any atom is 0.222 e. The Morgan fingerprint density at radius 3 is 2.50 bits per heavy atom. The number of hydrogen-bond acceptors (Lipinski definition) is 2. The van der Waals surface area contributed by atoms with E-state index in [0.717, 1.165) is 5.56 Å². The molecule has 1 atom stereocenters. The fraction of sp³-hybridized carbons (Fsp3) is 0.222. The molecule has 0 aliphatic heterocycles. The molecule has 4 nitrogen and oxygen atoms in total. The van der Waals surface area contributed by atoms with Crippen molar-refractivity contribution < 1.29 is 14.0 Å². The van der Waals surface area contributed by atoms with Crippen LogP contribution in [0.5, 0.6) is 0 Å². The van der Waals surface area contributed by atoms with E-state index in [2.05, 4.69) is 10.6 Å². The fourth-order valence-corrected chi connectivity index (χ4v) is 2.42. The summed E-state index contributed by atoms with van der Waals surface area (Å²) in [5, 5.41) is 6.06. The first-order chi connectivity index (χ1) is 11.4. The molecule has 0 saturated heterocycles. The van der Waals surface area contributed by atoms with Crippen molar-refractivity contribution in [3.8, 4) is 0 Å². The molecule has 1 unspecified atom stereocenters. The van der Waals surface area contributed by atoms with Gasteiger partial charge in [0.25, 0.3) is 0 Å². The van der Waals surface area contributed by atoms with Gasteiger partial charge in [-0.2, -0.15) is 0 Å². The van der Waals surface area contributed by atoms with Gasteiger partial charge in [0, 0.05) is 18.5 Å². The molecule has 0 radical (unpaired) electrons. The van der Waals surface area contributed by atoms with Crippen LogP contribution in [0.25, 0.3) is 0 Å². The third-order valence-electron chi connectivity index (χ3n) is 3.42. The molecule has 6 heteroatoms. The van der Waals surface area contributed by atoms with Crippen molar-refractivity contribution in [1.29, 1.82) is 0 Å². The number of benzene rings is 2. The molecular weight excluding hydrogens is 331 g/mol. The molecular formula is C18H18ClFN2O2. The Labute approximate surface area is 145 Å². The number of halogens is 2. The molecule has 2 aromatic carbocycles. The van der Waals surface area contributed by atoms with Crippen LogP contribution >= 0.6 is 11.6 Å². The minimum Gasteiger partial charge on any atom is -0.352 e. The highest BCUT2D eigenvalue weighted by Gasteiger charge is 2.17. The molecule has 0 heterocycles. The first kappa shape index (κ1) is 17.9. The quantitative estimate of drug-likeness (QED) is 0.841. The number of carbonyl (C=O) groups excluding carboxylic acids is 2. The number of hydrogen-bond donors (Lipinski definition) is 2. The van der Waals surface area contributed by atoms with Crippen molar-refractivity contribution in [2.75, 3.05) is 0 Å². The average molecular weight is 349 g/mol. The van der Waals surface area contributed by atoms with Crippen LogP contribution in [0, 0.1) is 5.82 Å². The molecule has 2 amide bonds. The number of rotatable bonds is 6. The number of carbonyl (C=O) groups is 2. The molecule has 0 spiro atoms. The highest BCUT2D eigenvalue weighted by Crippen LogP contribution is 2.19. The summed E-state index contributed by atoms with van der Waals surface area (Å²) < 4.78 is 13.1. The van der Waals surface area contributed by atoms with E-state index in [1.165, 1.54) is 19.1 Å². The molecule has 0 bridgehead atoms. The molecule has 0 aliphatic rings. The van der Waals surface area contributed by atoms with E-state index in [1.807, 2.05) is 0 Å². The van der Waals surface area contributed by atoms with E-state index in [0.29, 0.717) is 10.6 Å². The summed E-state index contributed by atoms with van der Waals surface area (Å²) in [4.78, 5) is 23.5. The Kier molecular flexibility index (Phi) is 6.32. The summed E-state index contributed by atoms with van der Waals surface area (Å²) in [7, 11) is 0. The average Bonchev–Trinajstić information content (AvgIpc) is 2.53. The topological polar surface area (TPSA) is 58.2 Å². The Bertz CT molecular complexity index is 719. The maximum atomic E-state index is 13.1. The van der Waals surface area contributed by atoms with Gasteiger partial charge >= 0.3 is 0 Å². The van der Waals surface area contributed by atoms with Gasteiger partial charge in [-0.15, -0.1) is 0 Å². The molecule has 0 saturated carbocycles. The molecule has 126 valence electrons. The van der Waals surface area contributed by atoms with Gasteiger partial charge in [-0.05, 0) is 35.4 Å². The van der Waals surface area contributed by atoms with E-state index in [-0.39, 0.29) is 30.6 Å². The van der Waals surface area contributed by atoms with Gasteiger partial charge in [-0.1, -0.05) is 35.9 Å². The fourth-order valence-electron chi connectivity index (χ4n) is 2.30. The van der Waals surface area contributed by atoms with Crippen molar-refractivity contribution >= 4 is 23.4 Å². The standard InChI is InChI=1S/C18H18ClFN2O2/c1-12(23)22-17(14-5-7-15(19)8-6-14)10-18(24)21-11-13-3-2-4-16(20)9-13/h2-9,17H,10-11H2,1H3,(H,21,24)(H,22,23). The zero-order chi connectivity index (χ0) is 17.5. The van der Waals surface area contributed by atoms with Gasteiger partial charge in [-0.3, -0.25) is 9.59 Å². The van der Waals surface area contributed by atoms with Crippen LogP contribution in [0.2, 0.25) is 5.02 Å². The molecule has 0 fully saturated rings. The minimum absolute atomic E-state index is 0.0799. The van der Waals surface area contributed by atoms with E-state index in [4.69, 9.17) is 11.6 Å². The molecule has 24 heavy (non-hydrogen) atoms. The van der Waals surface area contributed by atoms with E-state index >= 15 is 0 Å². The minimum atomic E-state index is -0.452. The lowest BCUT2D eigenvalue weighted by molar-refractivity contribution is -0.122. The Hall–Kier alpha value is -2.40. The molecule has 2 N–H and O–H groups in total. The summed E-state index contributed by atoms with van der Waals surface area (Å²) in [6.07, 6.45) is 0.0799. The van der Waals surface area contributed by atoms with Crippen LogP contribution in [0.1, 0.15) is 30.5 Å². The van der Waals surface area contributed by atoms with Crippen molar-refractivity contribution in [3.05, 3.63) is 70.5 Å². The van der Waals surface area contributed by atoms with Gasteiger partial charge in [-0.25, -0.2) is 4.39 Å². The predicted molar refractivity (Wildman–Crippen MR) is 90.9 cm³/mol. The first-order valence-electron chi connectivity index (χ1n) is 7.48. The van der Waals surface area contributed by atoms with Gasteiger partial charge in [0.2, 0.25) is 11.8 Å². The largest absolute Gasteiger partial charge is 0.352 e. The van der Waals surface area contributed by atoms with Crippen LogP contribution in [0.15, 0.2) is 48.5 Å². The zero-order valence-corrected chi connectivity index (χ0v) is 13.9. The summed E-state index contributed by atoms with van der Waals surface area (Å²) in [5.74, 6) is -0.820. The van der Waals surface area contributed by atoms with Crippen LogP contribution in [-0.2, 0) is 16.1 Å².